The first-order valence-electron chi connectivity index (χ1n) is 10.0. The number of amides is 2. The molecular formula is C21H23F3N6O3. The molecule has 3 heterocycles. The highest BCUT2D eigenvalue weighted by molar-refractivity contribution is 6.04. The molecule has 0 bridgehead atoms. The average Bonchev–Trinajstić information content (AvgIpc) is 3.14. The summed E-state index contributed by atoms with van der Waals surface area (Å²) in [7, 11) is 1.64. The zero-order valence-electron chi connectivity index (χ0n) is 18.3. The van der Waals surface area contributed by atoms with Gasteiger partial charge in [-0.2, -0.15) is 18.3 Å². The summed E-state index contributed by atoms with van der Waals surface area (Å²) in [5.74, 6) is -0.573. The predicted molar refractivity (Wildman–Crippen MR) is 113 cm³/mol. The molecule has 3 aromatic heterocycles. The van der Waals surface area contributed by atoms with Gasteiger partial charge in [-0.25, -0.2) is 4.98 Å². The van der Waals surface area contributed by atoms with E-state index in [1.807, 2.05) is 0 Å². The van der Waals surface area contributed by atoms with E-state index >= 15 is 0 Å². The number of aryl methyl sites for hydroxylation is 1. The third-order valence-corrected chi connectivity index (χ3v) is 4.77. The zero-order valence-corrected chi connectivity index (χ0v) is 18.3. The molecule has 2 amide bonds. The predicted octanol–water partition coefficient (Wildman–Crippen LogP) is 2.33. The molecule has 0 radical (unpaired) electrons. The van der Waals surface area contributed by atoms with Crippen LogP contribution in [-0.2, 0) is 11.3 Å². The van der Waals surface area contributed by atoms with Gasteiger partial charge in [0.2, 0.25) is 11.8 Å². The zero-order chi connectivity index (χ0) is 24.2. The number of likely N-dealkylation sites (N-methyl/N-ethyl adjacent to an activating group) is 1. The van der Waals surface area contributed by atoms with Crippen molar-refractivity contribution in [3.63, 3.8) is 0 Å². The Balaban J connectivity index is 1.71. The number of nitrogens with one attached hydrogen (secondary N) is 1. The Bertz CT molecular complexity index is 1160. The highest BCUT2D eigenvalue weighted by atomic mass is 19.4. The van der Waals surface area contributed by atoms with Crippen molar-refractivity contribution in [2.24, 2.45) is 0 Å². The van der Waals surface area contributed by atoms with Crippen LogP contribution in [0.5, 0.6) is 5.88 Å². The normalized spacial score (nSPS) is 11.5. The van der Waals surface area contributed by atoms with E-state index in [-0.39, 0.29) is 36.5 Å². The molecule has 0 aromatic carbocycles. The third-order valence-electron chi connectivity index (χ3n) is 4.77. The van der Waals surface area contributed by atoms with Crippen LogP contribution in [-0.4, -0.2) is 69.4 Å². The van der Waals surface area contributed by atoms with Crippen molar-refractivity contribution < 1.29 is 27.5 Å². The molecule has 12 heteroatoms. The summed E-state index contributed by atoms with van der Waals surface area (Å²) in [6.45, 7) is 2.57. The average molecular weight is 464 g/mol. The molecule has 1 N–H and O–H groups in total. The van der Waals surface area contributed by atoms with E-state index in [1.54, 1.807) is 37.0 Å². The molecule has 0 aliphatic heterocycles. The number of ether oxygens (including phenoxy) is 1. The fraction of sp³-hybridized carbons (Fsp3) is 0.381. The highest BCUT2D eigenvalue weighted by Gasteiger charge is 2.29. The lowest BCUT2D eigenvalue weighted by atomic mass is 10.2. The number of carbonyl (C=O) groups excluding carboxylic acids is 2. The molecule has 0 aliphatic carbocycles. The van der Waals surface area contributed by atoms with Gasteiger partial charge in [0.1, 0.15) is 5.69 Å². The fourth-order valence-electron chi connectivity index (χ4n) is 3.03. The molecule has 3 rings (SSSR count). The van der Waals surface area contributed by atoms with Crippen LogP contribution < -0.4 is 10.1 Å². The molecule has 0 saturated carbocycles. The Morgan fingerprint density at radius 3 is 2.70 bits per heavy atom. The largest absolute Gasteiger partial charge is 0.468 e. The van der Waals surface area contributed by atoms with E-state index in [9.17, 15) is 22.8 Å². The number of alkyl halides is 3. The summed E-state index contributed by atoms with van der Waals surface area (Å²) >= 11 is 0. The van der Waals surface area contributed by atoms with Crippen molar-refractivity contribution in [2.75, 3.05) is 26.7 Å². The summed E-state index contributed by atoms with van der Waals surface area (Å²) in [5.41, 5.74) is 1.93. The fourth-order valence-corrected chi connectivity index (χ4v) is 3.03. The van der Waals surface area contributed by atoms with Gasteiger partial charge in [0.15, 0.2) is 6.61 Å². The smallest absolute Gasteiger partial charge is 0.422 e. The van der Waals surface area contributed by atoms with Gasteiger partial charge in [-0.1, -0.05) is 0 Å². The minimum atomic E-state index is -4.44. The summed E-state index contributed by atoms with van der Waals surface area (Å²) in [4.78, 5) is 33.5. The van der Waals surface area contributed by atoms with Crippen molar-refractivity contribution in [1.82, 2.24) is 30.0 Å². The minimum absolute atomic E-state index is 0.0831. The number of carbonyl (C=O) groups is 2. The number of nitrogens with zero attached hydrogens (tertiary/aromatic N) is 5. The summed E-state index contributed by atoms with van der Waals surface area (Å²) in [6.07, 6.45) is 0.128. The monoisotopic (exact) mass is 464 g/mol. The van der Waals surface area contributed by atoms with Crippen LogP contribution in [0.2, 0.25) is 0 Å². The van der Waals surface area contributed by atoms with Gasteiger partial charge in [-0.3, -0.25) is 19.3 Å². The van der Waals surface area contributed by atoms with E-state index in [1.165, 1.54) is 24.2 Å². The lowest BCUT2D eigenvalue weighted by Gasteiger charge is -2.14. The second-order valence-electron chi connectivity index (χ2n) is 7.48. The van der Waals surface area contributed by atoms with Gasteiger partial charge >= 0.3 is 6.18 Å². The van der Waals surface area contributed by atoms with Gasteiger partial charge in [-0.05, 0) is 24.6 Å². The molecule has 33 heavy (non-hydrogen) atoms. The molecule has 0 aliphatic rings. The summed E-state index contributed by atoms with van der Waals surface area (Å²) < 4.78 is 43.4. The Morgan fingerprint density at radius 1 is 1.27 bits per heavy atom. The molecule has 176 valence electrons. The maximum absolute atomic E-state index is 12.6. The van der Waals surface area contributed by atoms with Crippen LogP contribution in [0.25, 0.3) is 10.9 Å². The number of aromatic nitrogens is 4. The molecule has 0 spiro atoms. The molecule has 0 unspecified atom stereocenters. The first kappa shape index (κ1) is 24.0. The van der Waals surface area contributed by atoms with E-state index in [0.29, 0.717) is 28.6 Å². The van der Waals surface area contributed by atoms with Gasteiger partial charge in [0, 0.05) is 51.2 Å². The van der Waals surface area contributed by atoms with Crippen LogP contribution in [0.15, 0.2) is 30.7 Å². The molecule has 0 saturated heterocycles. The Labute approximate surface area is 187 Å². The number of hydrogen-bond donors (Lipinski definition) is 1. The van der Waals surface area contributed by atoms with Crippen LogP contribution in [0, 0.1) is 6.92 Å². The Hall–Kier alpha value is -3.70. The van der Waals surface area contributed by atoms with Crippen molar-refractivity contribution in [1.29, 1.82) is 0 Å². The summed E-state index contributed by atoms with van der Waals surface area (Å²) in [6, 6.07) is 3.34. The second-order valence-corrected chi connectivity index (χ2v) is 7.48. The lowest BCUT2D eigenvalue weighted by Crippen LogP contribution is -2.35. The van der Waals surface area contributed by atoms with Gasteiger partial charge in [-0.15, -0.1) is 0 Å². The second kappa shape index (κ2) is 9.84. The highest BCUT2D eigenvalue weighted by Crippen LogP contribution is 2.21. The SMILES string of the molecule is CC(=O)N(C)CCNC(=O)c1nccc2nn(Cc3cnc(OCC(F)(F)F)c(C)c3)cc12. The van der Waals surface area contributed by atoms with Crippen LogP contribution in [0.1, 0.15) is 28.5 Å². The number of rotatable bonds is 8. The number of fused-ring (bicyclic) bond motifs is 1. The maximum Gasteiger partial charge on any atom is 0.422 e. The van der Waals surface area contributed by atoms with Crippen LogP contribution >= 0.6 is 0 Å². The summed E-state index contributed by atoms with van der Waals surface area (Å²) in [5, 5.41) is 7.72. The molecule has 0 atom stereocenters. The maximum atomic E-state index is 12.6. The Morgan fingerprint density at radius 2 is 2.03 bits per heavy atom. The molecule has 3 aromatic rings. The van der Waals surface area contributed by atoms with Crippen LogP contribution in [0.4, 0.5) is 13.2 Å². The van der Waals surface area contributed by atoms with Crippen molar-refractivity contribution in [3.8, 4) is 5.88 Å². The first-order valence-corrected chi connectivity index (χ1v) is 10.0. The number of pyridine rings is 2. The van der Waals surface area contributed by atoms with Gasteiger partial charge in [0.25, 0.3) is 5.91 Å². The third kappa shape index (κ3) is 6.40. The van der Waals surface area contributed by atoms with Crippen molar-refractivity contribution in [2.45, 2.75) is 26.6 Å². The van der Waals surface area contributed by atoms with Gasteiger partial charge in [0.05, 0.1) is 17.4 Å². The van der Waals surface area contributed by atoms with Crippen molar-refractivity contribution >= 4 is 22.7 Å². The number of halogens is 3. The first-order chi connectivity index (χ1) is 15.5. The van der Waals surface area contributed by atoms with Crippen LogP contribution in [0.3, 0.4) is 0 Å². The Kier molecular flexibility index (Phi) is 7.14. The minimum Gasteiger partial charge on any atom is -0.468 e. The van der Waals surface area contributed by atoms with E-state index < -0.39 is 12.8 Å². The molecule has 0 fully saturated rings. The standard InChI is InChI=1S/C21H23F3N6O3/c1-13-8-15(9-27-20(13)33-12-21(22,23)24)10-30-11-16-17(28-30)4-5-25-18(16)19(32)26-6-7-29(3)14(2)31/h4-5,8-9,11H,6-7,10,12H2,1-3H3,(H,26,32). The molecular weight excluding hydrogens is 441 g/mol. The van der Waals surface area contributed by atoms with E-state index in [2.05, 4.69) is 20.4 Å². The van der Waals surface area contributed by atoms with E-state index in [0.717, 1.165) is 0 Å². The van der Waals surface area contributed by atoms with E-state index in [4.69, 9.17) is 4.74 Å². The quantitative estimate of drug-likeness (QED) is 0.549. The molecule has 9 nitrogen and oxygen atoms in total. The van der Waals surface area contributed by atoms with Crippen molar-refractivity contribution in [3.05, 3.63) is 47.5 Å². The topological polar surface area (TPSA) is 102 Å². The lowest BCUT2D eigenvalue weighted by molar-refractivity contribution is -0.154. The number of hydrogen-bond acceptors (Lipinski definition) is 6. The van der Waals surface area contributed by atoms with Gasteiger partial charge < -0.3 is 15.0 Å².